The van der Waals surface area contributed by atoms with Crippen LogP contribution >= 0.6 is 15.9 Å². The average Bonchev–Trinajstić information content (AvgIpc) is 2.92. The fourth-order valence-electron chi connectivity index (χ4n) is 1.81. The third-order valence-corrected chi connectivity index (χ3v) is 3.28. The Labute approximate surface area is 124 Å². The molecule has 0 fully saturated rings. The fourth-order valence-corrected chi connectivity index (χ4v) is 2.16. The largest absolute Gasteiger partial charge is 0.312 e. The van der Waals surface area contributed by atoms with Gasteiger partial charge in [0.2, 0.25) is 0 Å². The van der Waals surface area contributed by atoms with Crippen molar-refractivity contribution < 1.29 is 4.92 Å². The molecule has 0 aliphatic carbocycles. The molecule has 8 heteroatoms. The van der Waals surface area contributed by atoms with Gasteiger partial charge >= 0.3 is 0 Å². The minimum atomic E-state index is -0.365. The summed E-state index contributed by atoms with van der Waals surface area (Å²) in [5.74, 6) is 0.849. The predicted octanol–water partition coefficient (Wildman–Crippen LogP) is 2.20. The number of aromatic nitrogens is 3. The van der Waals surface area contributed by atoms with Crippen LogP contribution in [-0.2, 0) is 13.0 Å². The van der Waals surface area contributed by atoms with Crippen LogP contribution in [0.5, 0.6) is 0 Å². The molecule has 0 atom stereocenters. The van der Waals surface area contributed by atoms with Crippen molar-refractivity contribution in [2.24, 2.45) is 0 Å². The van der Waals surface area contributed by atoms with E-state index in [4.69, 9.17) is 0 Å². The molecule has 0 saturated heterocycles. The van der Waals surface area contributed by atoms with Gasteiger partial charge in [-0.05, 0) is 25.1 Å². The molecule has 1 aromatic carbocycles. The van der Waals surface area contributed by atoms with Gasteiger partial charge in [-0.3, -0.25) is 15.2 Å². The van der Waals surface area contributed by atoms with Crippen LogP contribution in [0.1, 0.15) is 17.8 Å². The highest BCUT2D eigenvalue weighted by Crippen LogP contribution is 2.23. The lowest BCUT2D eigenvalue weighted by atomic mass is 10.2. The van der Waals surface area contributed by atoms with Crippen molar-refractivity contribution in [2.45, 2.75) is 19.4 Å². The molecule has 2 aromatic rings. The van der Waals surface area contributed by atoms with Gasteiger partial charge in [-0.25, -0.2) is 4.98 Å². The summed E-state index contributed by atoms with van der Waals surface area (Å²) in [5, 5.41) is 20.7. The molecule has 0 aliphatic heterocycles. The zero-order valence-electron chi connectivity index (χ0n) is 10.7. The highest BCUT2D eigenvalue weighted by atomic mass is 79.9. The Balaban J connectivity index is 1.80. The molecule has 0 unspecified atom stereocenters. The van der Waals surface area contributed by atoms with Gasteiger partial charge in [0.25, 0.3) is 5.69 Å². The molecular weight excluding hydrogens is 326 g/mol. The van der Waals surface area contributed by atoms with Gasteiger partial charge in [-0.2, -0.15) is 5.10 Å². The number of benzene rings is 1. The molecule has 7 nitrogen and oxygen atoms in total. The Morgan fingerprint density at radius 1 is 1.45 bits per heavy atom. The van der Waals surface area contributed by atoms with Crippen molar-refractivity contribution in [1.82, 2.24) is 20.5 Å². The van der Waals surface area contributed by atoms with E-state index in [1.54, 1.807) is 12.1 Å². The number of rotatable bonds is 7. The molecule has 0 saturated carbocycles. The first-order valence-electron chi connectivity index (χ1n) is 6.14. The first-order valence-corrected chi connectivity index (χ1v) is 6.94. The van der Waals surface area contributed by atoms with Gasteiger partial charge in [0.15, 0.2) is 0 Å². The van der Waals surface area contributed by atoms with Gasteiger partial charge in [-0.1, -0.05) is 15.9 Å². The van der Waals surface area contributed by atoms with Crippen LogP contribution in [-0.4, -0.2) is 26.6 Å². The van der Waals surface area contributed by atoms with E-state index >= 15 is 0 Å². The summed E-state index contributed by atoms with van der Waals surface area (Å²) in [6, 6.07) is 5.08. The van der Waals surface area contributed by atoms with Crippen LogP contribution < -0.4 is 5.32 Å². The zero-order valence-corrected chi connectivity index (χ0v) is 12.3. The number of nitro benzene ring substituents is 1. The predicted molar refractivity (Wildman–Crippen MR) is 77.2 cm³/mol. The Bertz CT molecular complexity index is 573. The van der Waals surface area contributed by atoms with E-state index in [1.807, 2.05) is 0 Å². The van der Waals surface area contributed by atoms with Crippen LogP contribution in [0.4, 0.5) is 5.69 Å². The quantitative estimate of drug-likeness (QED) is 0.458. The molecule has 0 amide bonds. The van der Waals surface area contributed by atoms with Gasteiger partial charge in [0, 0.05) is 29.1 Å². The third-order valence-electron chi connectivity index (χ3n) is 2.79. The van der Waals surface area contributed by atoms with Crippen LogP contribution in [0.25, 0.3) is 0 Å². The van der Waals surface area contributed by atoms with Gasteiger partial charge in [0.05, 0.1) is 4.92 Å². The van der Waals surface area contributed by atoms with Gasteiger partial charge < -0.3 is 5.32 Å². The van der Waals surface area contributed by atoms with Crippen molar-refractivity contribution in [3.05, 3.63) is 50.5 Å². The lowest BCUT2D eigenvalue weighted by Crippen LogP contribution is -2.16. The summed E-state index contributed by atoms with van der Waals surface area (Å²) in [5.41, 5.74) is 0.806. The second kappa shape index (κ2) is 7.11. The van der Waals surface area contributed by atoms with Crippen molar-refractivity contribution in [3.8, 4) is 0 Å². The number of nitro groups is 1. The molecule has 1 heterocycles. The Hall–Kier alpha value is -1.80. The number of nitrogens with zero attached hydrogens (tertiary/aromatic N) is 3. The number of aromatic amines is 1. The first kappa shape index (κ1) is 14.6. The molecule has 0 radical (unpaired) electrons. The fraction of sp³-hybridized carbons (Fsp3) is 0.333. The van der Waals surface area contributed by atoms with Crippen LogP contribution in [0.2, 0.25) is 0 Å². The molecule has 20 heavy (non-hydrogen) atoms. The molecule has 2 rings (SSSR count). The Kier molecular flexibility index (Phi) is 5.19. The summed E-state index contributed by atoms with van der Waals surface area (Å²) in [6.45, 7) is 1.23. The summed E-state index contributed by atoms with van der Waals surface area (Å²) in [7, 11) is 0. The minimum Gasteiger partial charge on any atom is -0.312 e. The number of H-pyrrole nitrogens is 1. The SMILES string of the molecule is O=[N+]([O-])c1cc(Br)ccc1CNCCCc1ncn[nH]1. The standard InChI is InChI=1S/C12H14BrN5O2/c13-10-4-3-9(11(6-10)18(19)20)7-14-5-1-2-12-15-8-16-17-12/h3-4,6,8,14H,1-2,5,7H2,(H,15,16,17). The summed E-state index contributed by atoms with van der Waals surface area (Å²) < 4.78 is 0.707. The van der Waals surface area contributed by atoms with E-state index in [-0.39, 0.29) is 10.6 Å². The summed E-state index contributed by atoms with van der Waals surface area (Å²) in [4.78, 5) is 14.6. The number of hydrogen-bond donors (Lipinski definition) is 2. The van der Waals surface area contributed by atoms with Gasteiger partial charge in [0.1, 0.15) is 12.2 Å². The van der Waals surface area contributed by atoms with Gasteiger partial charge in [-0.15, -0.1) is 0 Å². The first-order chi connectivity index (χ1) is 9.66. The average molecular weight is 340 g/mol. The van der Waals surface area contributed by atoms with Crippen molar-refractivity contribution in [3.63, 3.8) is 0 Å². The van der Waals surface area contributed by atoms with E-state index in [9.17, 15) is 10.1 Å². The lowest BCUT2D eigenvalue weighted by molar-refractivity contribution is -0.385. The van der Waals surface area contributed by atoms with E-state index in [0.717, 1.165) is 25.2 Å². The second-order valence-electron chi connectivity index (χ2n) is 4.24. The number of aryl methyl sites for hydroxylation is 1. The topological polar surface area (TPSA) is 96.7 Å². The molecule has 1 aromatic heterocycles. The molecular formula is C12H14BrN5O2. The van der Waals surface area contributed by atoms with E-state index in [1.165, 1.54) is 12.4 Å². The maximum Gasteiger partial charge on any atom is 0.275 e. The van der Waals surface area contributed by atoms with Crippen LogP contribution in [0, 0.1) is 10.1 Å². The van der Waals surface area contributed by atoms with E-state index < -0.39 is 0 Å². The molecule has 2 N–H and O–H groups in total. The number of halogens is 1. The maximum atomic E-state index is 11.0. The second-order valence-corrected chi connectivity index (χ2v) is 5.16. The van der Waals surface area contributed by atoms with Crippen LogP contribution in [0.15, 0.2) is 29.0 Å². The Morgan fingerprint density at radius 3 is 3.00 bits per heavy atom. The monoisotopic (exact) mass is 339 g/mol. The number of nitrogens with one attached hydrogen (secondary N) is 2. The van der Waals surface area contributed by atoms with Crippen LogP contribution in [0.3, 0.4) is 0 Å². The zero-order chi connectivity index (χ0) is 14.4. The van der Waals surface area contributed by atoms with Crippen molar-refractivity contribution in [2.75, 3.05) is 6.54 Å². The summed E-state index contributed by atoms with van der Waals surface area (Å²) in [6.07, 6.45) is 3.17. The van der Waals surface area contributed by atoms with Crippen molar-refractivity contribution in [1.29, 1.82) is 0 Å². The molecule has 0 spiro atoms. The Morgan fingerprint density at radius 2 is 2.30 bits per heavy atom. The third kappa shape index (κ3) is 4.10. The summed E-state index contributed by atoms with van der Waals surface area (Å²) >= 11 is 3.24. The molecule has 0 aliphatic rings. The maximum absolute atomic E-state index is 11.0. The molecule has 106 valence electrons. The van der Waals surface area contributed by atoms with E-state index in [0.29, 0.717) is 16.6 Å². The highest BCUT2D eigenvalue weighted by molar-refractivity contribution is 9.10. The number of hydrogen-bond acceptors (Lipinski definition) is 5. The normalized spacial score (nSPS) is 10.7. The van der Waals surface area contributed by atoms with E-state index in [2.05, 4.69) is 36.4 Å². The highest BCUT2D eigenvalue weighted by Gasteiger charge is 2.13. The minimum absolute atomic E-state index is 0.127. The smallest absolute Gasteiger partial charge is 0.275 e. The van der Waals surface area contributed by atoms with Crippen molar-refractivity contribution >= 4 is 21.6 Å². The molecule has 0 bridgehead atoms. The lowest BCUT2D eigenvalue weighted by Gasteiger charge is -2.05.